The molecule has 2 heterocycles. The summed E-state index contributed by atoms with van der Waals surface area (Å²) in [6, 6.07) is 6.59. The number of ether oxygens (including phenoxy) is 1. The van der Waals surface area contributed by atoms with E-state index in [0.717, 1.165) is 30.2 Å². The van der Waals surface area contributed by atoms with Crippen molar-refractivity contribution in [2.75, 3.05) is 6.61 Å². The molecule has 1 fully saturated rings. The first kappa shape index (κ1) is 15.4. The van der Waals surface area contributed by atoms with Crippen LogP contribution in [0.4, 0.5) is 0 Å². The average Bonchev–Trinajstić information content (AvgIpc) is 3.19. The molecule has 1 aliphatic rings. The van der Waals surface area contributed by atoms with Gasteiger partial charge in [-0.2, -0.15) is 0 Å². The van der Waals surface area contributed by atoms with E-state index < -0.39 is 0 Å². The molecular weight excluding hydrogens is 324 g/mol. The Hall–Kier alpha value is -1.47. The molecule has 2 aromatic rings. The molecule has 5 nitrogen and oxygen atoms in total. The van der Waals surface area contributed by atoms with Gasteiger partial charge in [-0.15, -0.1) is 11.3 Å². The van der Waals surface area contributed by atoms with Gasteiger partial charge in [0.25, 0.3) is 5.91 Å². The highest BCUT2D eigenvalue weighted by Crippen LogP contribution is 2.30. The summed E-state index contributed by atoms with van der Waals surface area (Å²) >= 11 is 7.34. The predicted molar refractivity (Wildman–Crippen MR) is 83.7 cm³/mol. The Morgan fingerprint density at radius 1 is 1.45 bits per heavy atom. The Bertz CT molecular complexity index is 638. The van der Waals surface area contributed by atoms with Gasteiger partial charge in [-0.25, -0.2) is 10.5 Å². The molecule has 0 unspecified atom stereocenters. The lowest BCUT2D eigenvalue weighted by Crippen LogP contribution is -2.23. The van der Waals surface area contributed by atoms with E-state index in [9.17, 15) is 4.79 Å². The van der Waals surface area contributed by atoms with E-state index >= 15 is 0 Å². The monoisotopic (exact) mass is 338 g/mol. The lowest BCUT2D eigenvalue weighted by Gasteiger charge is -2.05. The highest BCUT2D eigenvalue weighted by Gasteiger charge is 2.20. The highest BCUT2D eigenvalue weighted by atomic mass is 35.5. The summed E-state index contributed by atoms with van der Waals surface area (Å²) in [6.07, 6.45) is 2.20. The first-order chi connectivity index (χ1) is 10.7. The van der Waals surface area contributed by atoms with Gasteiger partial charge < -0.3 is 4.74 Å². The maximum Gasteiger partial charge on any atom is 0.274 e. The van der Waals surface area contributed by atoms with E-state index in [0.29, 0.717) is 10.6 Å². The molecule has 3 rings (SSSR count). The van der Waals surface area contributed by atoms with Gasteiger partial charge in [0.05, 0.1) is 5.69 Å². The summed E-state index contributed by atoms with van der Waals surface area (Å²) in [6.45, 7) is 1.02. The van der Waals surface area contributed by atoms with E-state index in [4.69, 9.17) is 21.2 Å². The Kier molecular flexibility index (Phi) is 5.04. The average molecular weight is 339 g/mol. The van der Waals surface area contributed by atoms with Crippen LogP contribution in [-0.4, -0.2) is 17.5 Å². The Morgan fingerprint density at radius 3 is 3.00 bits per heavy atom. The molecule has 22 heavy (non-hydrogen) atoms. The maximum absolute atomic E-state index is 11.8. The lowest BCUT2D eigenvalue weighted by atomic mass is 10.2. The molecule has 1 amide bonds. The molecule has 1 saturated heterocycles. The topological polar surface area (TPSA) is 60.5 Å². The first-order valence-corrected chi connectivity index (χ1v) is 8.22. The van der Waals surface area contributed by atoms with Crippen molar-refractivity contribution in [3.63, 3.8) is 0 Å². The van der Waals surface area contributed by atoms with E-state index in [1.165, 1.54) is 0 Å². The van der Waals surface area contributed by atoms with Crippen molar-refractivity contribution in [2.24, 2.45) is 0 Å². The molecule has 0 saturated carbocycles. The zero-order valence-electron chi connectivity index (χ0n) is 11.8. The minimum absolute atomic E-state index is 0.113. The van der Waals surface area contributed by atoms with Crippen LogP contribution in [0, 0.1) is 0 Å². The number of rotatable bonds is 5. The van der Waals surface area contributed by atoms with Gasteiger partial charge in [-0.05, 0) is 37.1 Å². The highest BCUT2D eigenvalue weighted by molar-refractivity contribution is 7.09. The van der Waals surface area contributed by atoms with Crippen LogP contribution >= 0.6 is 22.9 Å². The number of hydroxylamine groups is 1. The van der Waals surface area contributed by atoms with E-state index in [1.807, 2.05) is 5.38 Å². The van der Waals surface area contributed by atoms with Crippen molar-refractivity contribution in [1.82, 2.24) is 10.5 Å². The van der Waals surface area contributed by atoms with Crippen molar-refractivity contribution in [3.05, 3.63) is 50.9 Å². The summed E-state index contributed by atoms with van der Waals surface area (Å²) in [5.41, 5.74) is 3.67. The van der Waals surface area contributed by atoms with Gasteiger partial charge in [0, 0.05) is 22.6 Å². The molecule has 1 atom stereocenters. The van der Waals surface area contributed by atoms with Crippen LogP contribution in [0.15, 0.2) is 29.6 Å². The zero-order chi connectivity index (χ0) is 15.4. The van der Waals surface area contributed by atoms with Gasteiger partial charge in [0.1, 0.15) is 17.7 Å². The number of amides is 1. The Labute approximate surface area is 137 Å². The van der Waals surface area contributed by atoms with Crippen LogP contribution in [0.3, 0.4) is 0 Å². The fraction of sp³-hybridized carbons (Fsp3) is 0.333. The van der Waals surface area contributed by atoms with Gasteiger partial charge in [-0.1, -0.05) is 11.6 Å². The molecule has 0 radical (unpaired) electrons. The fourth-order valence-electron chi connectivity index (χ4n) is 2.14. The van der Waals surface area contributed by atoms with E-state index in [-0.39, 0.29) is 18.6 Å². The molecule has 0 bridgehead atoms. The standard InChI is InChI=1S/C15H15ClN2O3S/c16-11-5-3-10(4-6-11)14(19)18-21-8-12-9-22-15(17-12)13-2-1-7-20-13/h3-6,9,13H,1-2,7-8H2,(H,18,19)/t13-/m0/s1. The Morgan fingerprint density at radius 2 is 2.27 bits per heavy atom. The maximum atomic E-state index is 11.8. The van der Waals surface area contributed by atoms with Gasteiger partial charge in [0.15, 0.2) is 0 Å². The largest absolute Gasteiger partial charge is 0.371 e. The van der Waals surface area contributed by atoms with Gasteiger partial charge >= 0.3 is 0 Å². The third-order valence-electron chi connectivity index (χ3n) is 3.27. The van der Waals surface area contributed by atoms with Crippen LogP contribution in [0.5, 0.6) is 0 Å². The number of aromatic nitrogens is 1. The molecule has 116 valence electrons. The quantitative estimate of drug-likeness (QED) is 0.847. The molecule has 7 heteroatoms. The lowest BCUT2D eigenvalue weighted by molar-refractivity contribution is 0.0221. The zero-order valence-corrected chi connectivity index (χ0v) is 13.3. The normalized spacial score (nSPS) is 17.6. The van der Waals surface area contributed by atoms with Crippen LogP contribution in [0.25, 0.3) is 0 Å². The number of thiazole rings is 1. The third-order valence-corrected chi connectivity index (χ3v) is 4.50. The predicted octanol–water partition coefficient (Wildman–Crippen LogP) is 3.51. The summed E-state index contributed by atoms with van der Waals surface area (Å²) in [7, 11) is 0. The number of hydrogen-bond donors (Lipinski definition) is 1. The number of nitrogens with zero attached hydrogens (tertiary/aromatic N) is 1. The minimum Gasteiger partial charge on any atom is -0.371 e. The number of nitrogens with one attached hydrogen (secondary N) is 1. The van der Waals surface area contributed by atoms with Crippen molar-refractivity contribution >= 4 is 28.8 Å². The minimum atomic E-state index is -0.314. The van der Waals surface area contributed by atoms with E-state index in [1.54, 1.807) is 35.6 Å². The molecule has 1 aromatic carbocycles. The van der Waals surface area contributed by atoms with E-state index in [2.05, 4.69) is 10.5 Å². The third kappa shape index (κ3) is 3.84. The summed E-state index contributed by atoms with van der Waals surface area (Å²) < 4.78 is 5.59. The van der Waals surface area contributed by atoms with Gasteiger partial charge in [0.2, 0.25) is 0 Å². The van der Waals surface area contributed by atoms with Crippen LogP contribution < -0.4 is 5.48 Å². The summed E-state index contributed by atoms with van der Waals surface area (Å²) in [4.78, 5) is 21.5. The number of hydrogen-bond acceptors (Lipinski definition) is 5. The molecule has 1 aromatic heterocycles. The Balaban J connectivity index is 1.48. The number of carbonyl (C=O) groups is 1. The number of carbonyl (C=O) groups excluding carboxylic acids is 1. The van der Waals surface area contributed by atoms with Gasteiger partial charge in [-0.3, -0.25) is 9.63 Å². The molecule has 0 spiro atoms. The van der Waals surface area contributed by atoms with Crippen molar-refractivity contribution in [3.8, 4) is 0 Å². The van der Waals surface area contributed by atoms with Crippen LogP contribution in [-0.2, 0) is 16.2 Å². The van der Waals surface area contributed by atoms with Crippen molar-refractivity contribution in [2.45, 2.75) is 25.6 Å². The van der Waals surface area contributed by atoms with Crippen LogP contribution in [0.2, 0.25) is 5.02 Å². The number of halogens is 1. The molecule has 0 aliphatic carbocycles. The van der Waals surface area contributed by atoms with Crippen molar-refractivity contribution < 1.29 is 14.4 Å². The van der Waals surface area contributed by atoms with Crippen LogP contribution in [0.1, 0.15) is 40.0 Å². The fourth-order valence-corrected chi connectivity index (χ4v) is 3.16. The smallest absolute Gasteiger partial charge is 0.274 e. The first-order valence-electron chi connectivity index (χ1n) is 6.96. The summed E-state index contributed by atoms with van der Waals surface area (Å²) in [5.74, 6) is -0.314. The second-order valence-corrected chi connectivity index (χ2v) is 6.23. The summed E-state index contributed by atoms with van der Waals surface area (Å²) in [5, 5.41) is 3.48. The molecular formula is C15H15ClN2O3S. The second kappa shape index (κ2) is 7.19. The molecule has 1 aliphatic heterocycles. The second-order valence-electron chi connectivity index (χ2n) is 4.91. The van der Waals surface area contributed by atoms with Crippen molar-refractivity contribution in [1.29, 1.82) is 0 Å². The SMILES string of the molecule is O=C(NOCc1csc([C@@H]2CCCO2)n1)c1ccc(Cl)cc1. The number of benzene rings is 1. The molecule has 1 N–H and O–H groups in total.